The molecule has 0 aromatic carbocycles. The Labute approximate surface area is 86.4 Å². The van der Waals surface area contributed by atoms with Crippen LogP contribution in [0.5, 0.6) is 0 Å². The lowest BCUT2D eigenvalue weighted by Gasteiger charge is -2.28. The van der Waals surface area contributed by atoms with Gasteiger partial charge in [0.05, 0.1) is 6.04 Å². The molecule has 3 nitrogen and oxygen atoms in total. The maximum Gasteiger partial charge on any atom is 0.191 e. The van der Waals surface area contributed by atoms with Crippen molar-refractivity contribution in [2.45, 2.75) is 57.5 Å². The molecule has 0 radical (unpaired) electrons. The van der Waals surface area contributed by atoms with Crippen molar-refractivity contribution in [2.24, 2.45) is 10.7 Å². The topological polar surface area (TPSA) is 41.6 Å². The molecule has 2 fully saturated rings. The van der Waals surface area contributed by atoms with Crippen LogP contribution in [-0.2, 0) is 0 Å². The molecule has 3 heteroatoms. The zero-order valence-corrected chi connectivity index (χ0v) is 9.08. The molecular weight excluding hydrogens is 174 g/mol. The van der Waals surface area contributed by atoms with Gasteiger partial charge in [0.15, 0.2) is 5.96 Å². The highest BCUT2D eigenvalue weighted by molar-refractivity contribution is 5.78. The second kappa shape index (κ2) is 4.20. The zero-order chi connectivity index (χ0) is 9.97. The second-order valence-corrected chi connectivity index (χ2v) is 4.61. The van der Waals surface area contributed by atoms with Gasteiger partial charge in [0.25, 0.3) is 0 Å². The Hall–Kier alpha value is -0.730. The van der Waals surface area contributed by atoms with Crippen molar-refractivity contribution in [3.63, 3.8) is 0 Å². The summed E-state index contributed by atoms with van der Waals surface area (Å²) in [7, 11) is 0. The normalized spacial score (nSPS) is 30.2. The summed E-state index contributed by atoms with van der Waals surface area (Å²) in [6, 6.07) is 1.13. The molecular formula is C11H21N3. The molecule has 1 saturated heterocycles. The van der Waals surface area contributed by atoms with E-state index in [9.17, 15) is 0 Å². The molecule has 1 heterocycles. The van der Waals surface area contributed by atoms with E-state index >= 15 is 0 Å². The van der Waals surface area contributed by atoms with Crippen molar-refractivity contribution >= 4 is 5.96 Å². The van der Waals surface area contributed by atoms with Crippen molar-refractivity contribution in [3.8, 4) is 0 Å². The number of nitrogens with two attached hydrogens (primary N) is 1. The maximum absolute atomic E-state index is 6.03. The highest BCUT2D eigenvalue weighted by Gasteiger charge is 2.24. The molecule has 1 aliphatic heterocycles. The van der Waals surface area contributed by atoms with E-state index in [1.165, 1.54) is 38.5 Å². The first-order valence-electron chi connectivity index (χ1n) is 5.87. The molecule has 14 heavy (non-hydrogen) atoms. The first kappa shape index (κ1) is 9.81. The van der Waals surface area contributed by atoms with Gasteiger partial charge in [0.2, 0.25) is 0 Å². The maximum atomic E-state index is 6.03. The van der Waals surface area contributed by atoms with Gasteiger partial charge >= 0.3 is 0 Å². The molecule has 2 rings (SSSR count). The van der Waals surface area contributed by atoms with Gasteiger partial charge in [-0.2, -0.15) is 0 Å². The molecule has 1 unspecified atom stereocenters. The van der Waals surface area contributed by atoms with E-state index in [1.54, 1.807) is 0 Å². The zero-order valence-electron chi connectivity index (χ0n) is 9.08. The fourth-order valence-corrected chi connectivity index (χ4v) is 2.08. The van der Waals surface area contributed by atoms with E-state index in [-0.39, 0.29) is 0 Å². The van der Waals surface area contributed by atoms with E-state index in [0.717, 1.165) is 12.5 Å². The monoisotopic (exact) mass is 195 g/mol. The van der Waals surface area contributed by atoms with Crippen LogP contribution in [-0.4, -0.2) is 29.5 Å². The average molecular weight is 195 g/mol. The van der Waals surface area contributed by atoms with Crippen molar-refractivity contribution in [1.82, 2.24) is 4.90 Å². The molecule has 2 aliphatic rings. The summed E-state index contributed by atoms with van der Waals surface area (Å²) in [5, 5.41) is 0. The molecule has 0 spiro atoms. The minimum atomic E-state index is 0.547. The molecule has 1 aliphatic carbocycles. The summed E-state index contributed by atoms with van der Waals surface area (Å²) >= 11 is 0. The van der Waals surface area contributed by atoms with Gasteiger partial charge in [-0.05, 0) is 32.6 Å². The number of aliphatic imine (C=N–C) groups is 1. The van der Waals surface area contributed by atoms with Crippen molar-refractivity contribution < 1.29 is 0 Å². The fraction of sp³-hybridized carbons (Fsp3) is 0.909. The highest BCUT2D eigenvalue weighted by Crippen LogP contribution is 2.24. The van der Waals surface area contributed by atoms with Gasteiger partial charge in [-0.15, -0.1) is 0 Å². The summed E-state index contributed by atoms with van der Waals surface area (Å²) in [5.74, 6) is 0.793. The average Bonchev–Trinajstić information content (AvgIpc) is 2.93. The third kappa shape index (κ3) is 2.40. The number of nitrogens with zero attached hydrogens (tertiary/aromatic N) is 2. The predicted octanol–water partition coefficient (Wildman–Crippen LogP) is 1.73. The highest BCUT2D eigenvalue weighted by atomic mass is 15.3. The van der Waals surface area contributed by atoms with E-state index in [2.05, 4.69) is 16.8 Å². The molecule has 0 bridgehead atoms. The summed E-state index contributed by atoms with van der Waals surface area (Å²) in [4.78, 5) is 6.82. The number of rotatable bonds is 1. The first-order chi connectivity index (χ1) is 6.77. The summed E-state index contributed by atoms with van der Waals surface area (Å²) in [5.41, 5.74) is 6.03. The van der Waals surface area contributed by atoms with Gasteiger partial charge < -0.3 is 10.6 Å². The van der Waals surface area contributed by atoms with Crippen LogP contribution >= 0.6 is 0 Å². The molecule has 0 aromatic rings. The first-order valence-corrected chi connectivity index (χ1v) is 5.87. The lowest BCUT2D eigenvalue weighted by atomic mass is 10.1. The van der Waals surface area contributed by atoms with Gasteiger partial charge in [-0.25, -0.2) is 4.99 Å². The molecule has 80 valence electrons. The van der Waals surface area contributed by atoms with Crippen LogP contribution in [0.3, 0.4) is 0 Å². The SMILES string of the molecule is CC1CCCCCN1C(N)=NC1CC1. The van der Waals surface area contributed by atoms with E-state index in [1.807, 2.05) is 0 Å². The van der Waals surface area contributed by atoms with E-state index in [4.69, 9.17) is 5.73 Å². The van der Waals surface area contributed by atoms with Crippen LogP contribution in [0, 0.1) is 0 Å². The van der Waals surface area contributed by atoms with E-state index in [0.29, 0.717) is 12.1 Å². The Bertz CT molecular complexity index is 221. The Kier molecular flexibility index (Phi) is 2.94. The Balaban J connectivity index is 1.97. The van der Waals surface area contributed by atoms with Crippen LogP contribution < -0.4 is 5.73 Å². The van der Waals surface area contributed by atoms with Gasteiger partial charge in [-0.3, -0.25) is 0 Å². The standard InChI is InChI=1S/C11H21N3/c1-9-5-3-2-4-8-14(9)11(12)13-10-6-7-10/h9-10H,2-8H2,1H3,(H2,12,13). The van der Waals surface area contributed by atoms with Gasteiger partial charge in [0.1, 0.15) is 0 Å². The lowest BCUT2D eigenvalue weighted by Crippen LogP contribution is -2.43. The van der Waals surface area contributed by atoms with Crippen LogP contribution in [0.15, 0.2) is 4.99 Å². The van der Waals surface area contributed by atoms with Crippen molar-refractivity contribution in [3.05, 3.63) is 0 Å². The number of hydrogen-bond acceptors (Lipinski definition) is 1. The van der Waals surface area contributed by atoms with Crippen LogP contribution in [0.1, 0.15) is 45.4 Å². The Morgan fingerprint density at radius 3 is 2.71 bits per heavy atom. The summed E-state index contributed by atoms with van der Waals surface area (Å²) < 4.78 is 0. The third-order valence-corrected chi connectivity index (χ3v) is 3.21. The van der Waals surface area contributed by atoms with Crippen LogP contribution in [0.4, 0.5) is 0 Å². The summed E-state index contributed by atoms with van der Waals surface area (Å²) in [6.07, 6.45) is 7.70. The third-order valence-electron chi connectivity index (χ3n) is 3.21. The molecule has 1 atom stereocenters. The number of hydrogen-bond donors (Lipinski definition) is 1. The second-order valence-electron chi connectivity index (χ2n) is 4.61. The molecule has 1 saturated carbocycles. The van der Waals surface area contributed by atoms with Crippen LogP contribution in [0.25, 0.3) is 0 Å². The number of guanidine groups is 1. The predicted molar refractivity (Wildman–Crippen MR) is 59.3 cm³/mol. The van der Waals surface area contributed by atoms with Gasteiger partial charge in [0, 0.05) is 12.6 Å². The lowest BCUT2D eigenvalue weighted by molar-refractivity contribution is 0.331. The summed E-state index contributed by atoms with van der Waals surface area (Å²) in [6.45, 7) is 3.36. The Morgan fingerprint density at radius 2 is 2.00 bits per heavy atom. The largest absolute Gasteiger partial charge is 0.370 e. The van der Waals surface area contributed by atoms with E-state index < -0.39 is 0 Å². The Morgan fingerprint density at radius 1 is 1.21 bits per heavy atom. The fourth-order valence-electron chi connectivity index (χ4n) is 2.08. The number of likely N-dealkylation sites (tertiary alicyclic amines) is 1. The van der Waals surface area contributed by atoms with Gasteiger partial charge in [-0.1, -0.05) is 12.8 Å². The minimum Gasteiger partial charge on any atom is -0.370 e. The van der Waals surface area contributed by atoms with Crippen molar-refractivity contribution in [1.29, 1.82) is 0 Å². The smallest absolute Gasteiger partial charge is 0.191 e. The quantitative estimate of drug-likeness (QED) is 0.511. The molecule has 0 amide bonds. The van der Waals surface area contributed by atoms with Crippen LogP contribution in [0.2, 0.25) is 0 Å². The minimum absolute atomic E-state index is 0.547. The molecule has 0 aromatic heterocycles. The molecule has 2 N–H and O–H groups in total. The van der Waals surface area contributed by atoms with Crippen molar-refractivity contribution in [2.75, 3.05) is 6.54 Å².